The number of aromatic nitrogens is 1. The number of thiocarbonyl (C=S) groups is 1. The van der Waals surface area contributed by atoms with Crippen LogP contribution < -0.4 is 11.1 Å². The predicted octanol–water partition coefficient (Wildman–Crippen LogP) is 2.80. The van der Waals surface area contributed by atoms with Crippen molar-refractivity contribution >= 4 is 34.8 Å². The van der Waals surface area contributed by atoms with Crippen LogP contribution in [0.15, 0.2) is 18.3 Å². The molecule has 2 rings (SSSR count). The van der Waals surface area contributed by atoms with Gasteiger partial charge in [0.25, 0.3) is 0 Å². The van der Waals surface area contributed by atoms with Crippen molar-refractivity contribution in [2.24, 2.45) is 5.73 Å². The molecule has 0 atom stereocenters. The van der Waals surface area contributed by atoms with Crippen LogP contribution in [0.25, 0.3) is 0 Å². The number of hydrogen-bond donors (Lipinski definition) is 2. The van der Waals surface area contributed by atoms with E-state index in [1.807, 2.05) is 23.9 Å². The Morgan fingerprint density at radius 1 is 1.44 bits per heavy atom. The van der Waals surface area contributed by atoms with Gasteiger partial charge in [-0.15, -0.1) is 0 Å². The maximum Gasteiger partial charge on any atom is 0.136 e. The standard InChI is InChI=1S/C13H19N3S2/c1-18-10-6-4-9(5-7-10)16-13-11(12(14)17)3-2-8-15-13/h2-3,8-10H,4-7H2,1H3,(H2,14,17)(H,15,16). The highest BCUT2D eigenvalue weighted by Crippen LogP contribution is 2.28. The van der Waals surface area contributed by atoms with E-state index in [1.165, 1.54) is 25.7 Å². The Labute approximate surface area is 118 Å². The largest absolute Gasteiger partial charge is 0.389 e. The van der Waals surface area contributed by atoms with E-state index in [0.717, 1.165) is 16.6 Å². The fourth-order valence-electron chi connectivity index (χ4n) is 2.36. The summed E-state index contributed by atoms with van der Waals surface area (Å²) in [6.07, 6.45) is 8.90. The van der Waals surface area contributed by atoms with Gasteiger partial charge in [-0.1, -0.05) is 12.2 Å². The zero-order chi connectivity index (χ0) is 13.0. The number of nitrogens with two attached hydrogens (primary N) is 1. The van der Waals surface area contributed by atoms with Crippen LogP contribution in [0.1, 0.15) is 31.2 Å². The third-order valence-electron chi connectivity index (χ3n) is 3.42. The molecule has 0 spiro atoms. The number of anilines is 1. The zero-order valence-corrected chi connectivity index (χ0v) is 12.2. The molecular weight excluding hydrogens is 262 g/mol. The van der Waals surface area contributed by atoms with Crippen LogP contribution in [0.4, 0.5) is 5.82 Å². The van der Waals surface area contributed by atoms with Gasteiger partial charge in [-0.25, -0.2) is 4.98 Å². The summed E-state index contributed by atoms with van der Waals surface area (Å²) in [5, 5.41) is 4.31. The van der Waals surface area contributed by atoms with Gasteiger partial charge in [-0.3, -0.25) is 0 Å². The fourth-order valence-corrected chi connectivity index (χ4v) is 3.26. The third-order valence-corrected chi connectivity index (χ3v) is 4.78. The number of nitrogens with one attached hydrogen (secondary N) is 1. The average Bonchev–Trinajstić information content (AvgIpc) is 2.40. The zero-order valence-electron chi connectivity index (χ0n) is 10.6. The molecule has 98 valence electrons. The highest BCUT2D eigenvalue weighted by molar-refractivity contribution is 7.99. The van der Waals surface area contributed by atoms with Gasteiger partial charge in [0.15, 0.2) is 0 Å². The van der Waals surface area contributed by atoms with E-state index < -0.39 is 0 Å². The Bertz CT molecular complexity index is 414. The number of pyridine rings is 1. The van der Waals surface area contributed by atoms with E-state index in [2.05, 4.69) is 16.6 Å². The number of thioether (sulfide) groups is 1. The van der Waals surface area contributed by atoms with Crippen molar-refractivity contribution in [3.05, 3.63) is 23.9 Å². The van der Waals surface area contributed by atoms with Crippen LogP contribution in [0.3, 0.4) is 0 Å². The van der Waals surface area contributed by atoms with Crippen LogP contribution >= 0.6 is 24.0 Å². The Hall–Kier alpha value is -0.810. The van der Waals surface area contributed by atoms with Crippen LogP contribution in [-0.4, -0.2) is 27.5 Å². The van der Waals surface area contributed by atoms with Gasteiger partial charge in [0, 0.05) is 17.5 Å². The van der Waals surface area contributed by atoms with Gasteiger partial charge >= 0.3 is 0 Å². The molecule has 0 saturated heterocycles. The summed E-state index contributed by atoms with van der Waals surface area (Å²) in [5.41, 5.74) is 6.56. The van der Waals surface area contributed by atoms with E-state index in [1.54, 1.807) is 6.20 Å². The topological polar surface area (TPSA) is 50.9 Å². The van der Waals surface area contributed by atoms with Crippen molar-refractivity contribution in [2.75, 3.05) is 11.6 Å². The second kappa shape index (κ2) is 6.38. The molecule has 0 radical (unpaired) electrons. The molecule has 1 aliphatic rings. The molecule has 3 N–H and O–H groups in total. The molecule has 1 aromatic rings. The highest BCUT2D eigenvalue weighted by Gasteiger charge is 2.21. The SMILES string of the molecule is CSC1CCC(Nc2ncccc2C(N)=S)CC1. The molecule has 3 nitrogen and oxygen atoms in total. The number of hydrogen-bond acceptors (Lipinski definition) is 4. The molecule has 0 amide bonds. The minimum Gasteiger partial charge on any atom is -0.389 e. The second-order valence-corrected chi connectivity index (χ2v) is 6.20. The molecule has 5 heteroatoms. The van der Waals surface area contributed by atoms with Crippen molar-refractivity contribution in [3.8, 4) is 0 Å². The first kappa shape index (κ1) is 13.6. The lowest BCUT2D eigenvalue weighted by Gasteiger charge is -2.28. The summed E-state index contributed by atoms with van der Waals surface area (Å²) in [7, 11) is 0. The van der Waals surface area contributed by atoms with E-state index >= 15 is 0 Å². The Morgan fingerprint density at radius 3 is 2.78 bits per heavy atom. The normalized spacial score (nSPS) is 23.6. The molecule has 0 unspecified atom stereocenters. The molecule has 0 bridgehead atoms. The summed E-state index contributed by atoms with van der Waals surface area (Å²) < 4.78 is 0. The van der Waals surface area contributed by atoms with Crippen molar-refractivity contribution in [1.82, 2.24) is 4.98 Å². The van der Waals surface area contributed by atoms with Gasteiger partial charge in [0.2, 0.25) is 0 Å². The molecule has 0 aromatic carbocycles. The van der Waals surface area contributed by atoms with Gasteiger partial charge in [0.1, 0.15) is 10.8 Å². The molecular formula is C13H19N3S2. The van der Waals surface area contributed by atoms with Crippen molar-refractivity contribution in [2.45, 2.75) is 37.0 Å². The molecule has 1 fully saturated rings. The lowest BCUT2D eigenvalue weighted by atomic mass is 9.95. The summed E-state index contributed by atoms with van der Waals surface area (Å²) in [6, 6.07) is 4.28. The Balaban J connectivity index is 2.00. The number of rotatable bonds is 4. The molecule has 0 aliphatic heterocycles. The fraction of sp³-hybridized carbons (Fsp3) is 0.538. The quantitative estimate of drug-likeness (QED) is 0.831. The summed E-state index contributed by atoms with van der Waals surface area (Å²) in [4.78, 5) is 4.76. The first-order valence-electron chi connectivity index (χ1n) is 6.25. The van der Waals surface area contributed by atoms with E-state index in [9.17, 15) is 0 Å². The smallest absolute Gasteiger partial charge is 0.136 e. The monoisotopic (exact) mass is 281 g/mol. The minimum atomic E-state index is 0.406. The summed E-state index contributed by atoms with van der Waals surface area (Å²) >= 11 is 7.03. The van der Waals surface area contributed by atoms with Crippen molar-refractivity contribution < 1.29 is 0 Å². The maximum absolute atomic E-state index is 5.71. The van der Waals surface area contributed by atoms with E-state index in [-0.39, 0.29) is 0 Å². The summed E-state index contributed by atoms with van der Waals surface area (Å²) in [6.45, 7) is 0. The van der Waals surface area contributed by atoms with Crippen molar-refractivity contribution in [3.63, 3.8) is 0 Å². The lowest BCUT2D eigenvalue weighted by molar-refractivity contribution is 0.472. The van der Waals surface area contributed by atoms with E-state index in [0.29, 0.717) is 11.0 Å². The van der Waals surface area contributed by atoms with Gasteiger partial charge in [-0.2, -0.15) is 11.8 Å². The molecule has 1 aliphatic carbocycles. The van der Waals surface area contributed by atoms with Crippen LogP contribution in [0.2, 0.25) is 0 Å². The third kappa shape index (κ3) is 3.36. The molecule has 18 heavy (non-hydrogen) atoms. The summed E-state index contributed by atoms with van der Waals surface area (Å²) in [5.74, 6) is 0.831. The maximum atomic E-state index is 5.71. The molecule has 1 aromatic heterocycles. The second-order valence-electron chi connectivity index (χ2n) is 4.62. The molecule has 1 saturated carbocycles. The van der Waals surface area contributed by atoms with E-state index in [4.69, 9.17) is 18.0 Å². The van der Waals surface area contributed by atoms with Gasteiger partial charge in [0.05, 0.1) is 5.56 Å². The first-order chi connectivity index (χ1) is 8.70. The predicted molar refractivity (Wildman–Crippen MR) is 83.3 cm³/mol. The van der Waals surface area contributed by atoms with Crippen LogP contribution in [0, 0.1) is 0 Å². The molecule has 1 heterocycles. The first-order valence-corrected chi connectivity index (χ1v) is 7.94. The van der Waals surface area contributed by atoms with Crippen LogP contribution in [0.5, 0.6) is 0 Å². The number of nitrogens with zero attached hydrogens (tertiary/aromatic N) is 1. The lowest BCUT2D eigenvalue weighted by Crippen LogP contribution is -2.28. The minimum absolute atomic E-state index is 0.406. The van der Waals surface area contributed by atoms with Crippen LogP contribution in [-0.2, 0) is 0 Å². The van der Waals surface area contributed by atoms with Crippen molar-refractivity contribution in [1.29, 1.82) is 0 Å². The van der Waals surface area contributed by atoms with Gasteiger partial charge in [-0.05, 0) is 44.1 Å². The average molecular weight is 281 g/mol. The Kier molecular flexibility index (Phi) is 4.83. The highest BCUT2D eigenvalue weighted by atomic mass is 32.2. The van der Waals surface area contributed by atoms with Gasteiger partial charge < -0.3 is 11.1 Å². The Morgan fingerprint density at radius 2 is 2.17 bits per heavy atom.